The van der Waals surface area contributed by atoms with Crippen LogP contribution in [-0.2, 0) is 13.0 Å². The first kappa shape index (κ1) is 18.7. The smallest absolute Gasteiger partial charge is 0.321 e. The maximum Gasteiger partial charge on any atom is 0.321 e. The van der Waals surface area contributed by atoms with E-state index < -0.39 is 0 Å². The molecule has 0 spiro atoms. The zero-order chi connectivity index (χ0) is 18.9. The van der Waals surface area contributed by atoms with Gasteiger partial charge in [-0.25, -0.2) is 9.79 Å². The van der Waals surface area contributed by atoms with Crippen molar-refractivity contribution in [1.82, 2.24) is 15.2 Å². The van der Waals surface area contributed by atoms with E-state index in [1.807, 2.05) is 47.4 Å². The highest BCUT2D eigenvalue weighted by atomic mass is 16.2. The minimum absolute atomic E-state index is 0.0381. The molecule has 4 N–H and O–H groups in total. The number of nitrogens with zero attached hydrogens (tertiary/aromatic N) is 3. The number of aromatic nitrogens is 1. The molecule has 1 aliphatic rings. The van der Waals surface area contributed by atoms with Gasteiger partial charge < -0.3 is 21.3 Å². The van der Waals surface area contributed by atoms with Gasteiger partial charge in [0.1, 0.15) is 0 Å². The first-order valence-electron chi connectivity index (χ1n) is 9.29. The zero-order valence-electron chi connectivity index (χ0n) is 15.4. The molecule has 0 bridgehead atoms. The molecule has 142 valence electrons. The number of guanidine groups is 1. The van der Waals surface area contributed by atoms with Crippen molar-refractivity contribution in [2.75, 3.05) is 25.0 Å². The number of rotatable bonds is 6. The summed E-state index contributed by atoms with van der Waals surface area (Å²) in [5, 5.41) is 6.05. The van der Waals surface area contributed by atoms with Crippen molar-refractivity contribution in [1.29, 1.82) is 0 Å². The van der Waals surface area contributed by atoms with Crippen LogP contribution in [0.1, 0.15) is 24.1 Å². The van der Waals surface area contributed by atoms with Crippen LogP contribution in [0.5, 0.6) is 0 Å². The van der Waals surface area contributed by atoms with Crippen LogP contribution >= 0.6 is 0 Å². The van der Waals surface area contributed by atoms with E-state index >= 15 is 0 Å². The zero-order valence-corrected chi connectivity index (χ0v) is 15.4. The van der Waals surface area contributed by atoms with E-state index in [4.69, 9.17) is 5.73 Å². The standard InChI is InChI=1S/C20H26N6O/c21-19(23-11-9-17-7-1-2-10-22-17)24-15-16-6-5-8-18(14-16)25-20(27)26-12-3-4-13-26/h1-2,5-8,10,14H,3-4,9,11-13,15H2,(H,25,27)(H3,21,23,24). The monoisotopic (exact) mass is 366 g/mol. The van der Waals surface area contributed by atoms with Crippen molar-refractivity contribution in [2.45, 2.75) is 25.8 Å². The number of hydrogen-bond acceptors (Lipinski definition) is 3. The van der Waals surface area contributed by atoms with Crippen molar-refractivity contribution >= 4 is 17.7 Å². The highest BCUT2D eigenvalue weighted by Crippen LogP contribution is 2.14. The second-order valence-electron chi connectivity index (χ2n) is 6.52. The van der Waals surface area contributed by atoms with E-state index in [9.17, 15) is 4.79 Å². The van der Waals surface area contributed by atoms with E-state index in [1.54, 1.807) is 6.20 Å². The predicted molar refractivity (Wildman–Crippen MR) is 108 cm³/mol. The van der Waals surface area contributed by atoms with Gasteiger partial charge in [0.25, 0.3) is 0 Å². The number of benzene rings is 1. The van der Waals surface area contributed by atoms with E-state index in [0.29, 0.717) is 19.0 Å². The van der Waals surface area contributed by atoms with Crippen LogP contribution < -0.4 is 16.4 Å². The second kappa shape index (κ2) is 9.56. The van der Waals surface area contributed by atoms with Crippen LogP contribution in [0.3, 0.4) is 0 Å². The van der Waals surface area contributed by atoms with E-state index in [0.717, 1.165) is 49.3 Å². The first-order chi connectivity index (χ1) is 13.2. The molecule has 0 saturated carbocycles. The SMILES string of the molecule is NC(=NCc1cccc(NC(=O)N2CCCC2)c1)NCCc1ccccn1. The fourth-order valence-electron chi connectivity index (χ4n) is 2.97. The van der Waals surface area contributed by atoms with E-state index in [-0.39, 0.29) is 6.03 Å². The third-order valence-corrected chi connectivity index (χ3v) is 4.42. The molecular formula is C20H26N6O. The maximum absolute atomic E-state index is 12.2. The summed E-state index contributed by atoms with van der Waals surface area (Å²) in [5.41, 5.74) is 8.71. The molecule has 1 aromatic carbocycles. The Labute approximate surface area is 159 Å². The van der Waals surface area contributed by atoms with Gasteiger partial charge in [0.15, 0.2) is 5.96 Å². The lowest BCUT2D eigenvalue weighted by molar-refractivity contribution is 0.222. The number of carbonyl (C=O) groups is 1. The molecule has 0 unspecified atom stereocenters. The number of likely N-dealkylation sites (tertiary alicyclic amines) is 1. The molecule has 7 heteroatoms. The maximum atomic E-state index is 12.2. The summed E-state index contributed by atoms with van der Waals surface area (Å²) in [5.74, 6) is 0.400. The molecule has 2 aromatic rings. The summed E-state index contributed by atoms with van der Waals surface area (Å²) in [6, 6.07) is 13.5. The van der Waals surface area contributed by atoms with Crippen molar-refractivity contribution < 1.29 is 4.79 Å². The van der Waals surface area contributed by atoms with Crippen molar-refractivity contribution in [2.24, 2.45) is 10.7 Å². The van der Waals surface area contributed by atoms with Gasteiger partial charge in [-0.15, -0.1) is 0 Å². The van der Waals surface area contributed by atoms with Crippen LogP contribution in [0.2, 0.25) is 0 Å². The van der Waals surface area contributed by atoms with Gasteiger partial charge in [0, 0.05) is 43.6 Å². The fraction of sp³-hybridized carbons (Fsp3) is 0.350. The largest absolute Gasteiger partial charge is 0.370 e. The lowest BCUT2D eigenvalue weighted by atomic mass is 10.2. The van der Waals surface area contributed by atoms with E-state index in [1.165, 1.54) is 0 Å². The first-order valence-corrected chi connectivity index (χ1v) is 9.29. The highest BCUT2D eigenvalue weighted by molar-refractivity contribution is 5.89. The number of hydrogen-bond donors (Lipinski definition) is 3. The summed E-state index contributed by atoms with van der Waals surface area (Å²) < 4.78 is 0. The topological polar surface area (TPSA) is 95.6 Å². The Kier molecular flexibility index (Phi) is 6.62. The van der Waals surface area contributed by atoms with Gasteiger partial charge >= 0.3 is 6.03 Å². The number of carbonyl (C=O) groups excluding carboxylic acids is 1. The van der Waals surface area contributed by atoms with Crippen LogP contribution in [0.15, 0.2) is 53.7 Å². The Hall–Kier alpha value is -3.09. The third-order valence-electron chi connectivity index (χ3n) is 4.42. The second-order valence-corrected chi connectivity index (χ2v) is 6.52. The molecule has 2 heterocycles. The van der Waals surface area contributed by atoms with Gasteiger partial charge in [0.2, 0.25) is 0 Å². The highest BCUT2D eigenvalue weighted by Gasteiger charge is 2.17. The molecule has 3 rings (SSSR count). The quantitative estimate of drug-likeness (QED) is 0.540. The average Bonchev–Trinajstić information content (AvgIpc) is 3.23. The van der Waals surface area contributed by atoms with Gasteiger partial charge in [-0.3, -0.25) is 4.98 Å². The molecule has 1 saturated heterocycles. The molecular weight excluding hydrogens is 340 g/mol. The Balaban J connectivity index is 1.46. The average molecular weight is 366 g/mol. The lowest BCUT2D eigenvalue weighted by Gasteiger charge is -2.16. The van der Waals surface area contributed by atoms with Crippen LogP contribution in [-0.4, -0.2) is 41.5 Å². The summed E-state index contributed by atoms with van der Waals surface area (Å²) >= 11 is 0. The number of nitrogens with one attached hydrogen (secondary N) is 2. The molecule has 1 fully saturated rings. The molecule has 2 amide bonds. The minimum Gasteiger partial charge on any atom is -0.370 e. The normalized spacial score (nSPS) is 14.2. The van der Waals surface area contributed by atoms with Crippen LogP contribution in [0, 0.1) is 0 Å². The Bertz CT molecular complexity index is 771. The Morgan fingerprint density at radius 2 is 2.04 bits per heavy atom. The van der Waals surface area contributed by atoms with Gasteiger partial charge in [0.05, 0.1) is 6.54 Å². The molecule has 7 nitrogen and oxygen atoms in total. The van der Waals surface area contributed by atoms with E-state index in [2.05, 4.69) is 20.6 Å². The Morgan fingerprint density at radius 1 is 1.19 bits per heavy atom. The molecule has 0 radical (unpaired) electrons. The molecule has 0 aliphatic carbocycles. The lowest BCUT2D eigenvalue weighted by Crippen LogP contribution is -2.33. The van der Waals surface area contributed by atoms with Crippen molar-refractivity contribution in [3.8, 4) is 0 Å². The predicted octanol–water partition coefficient (Wildman–Crippen LogP) is 2.36. The summed E-state index contributed by atoms with van der Waals surface area (Å²) in [4.78, 5) is 22.7. The number of anilines is 1. The van der Waals surface area contributed by atoms with Gasteiger partial charge in [-0.1, -0.05) is 18.2 Å². The number of pyridine rings is 1. The van der Waals surface area contributed by atoms with Gasteiger partial charge in [-0.05, 0) is 42.7 Å². The number of amides is 2. The fourth-order valence-corrected chi connectivity index (χ4v) is 2.97. The summed E-state index contributed by atoms with van der Waals surface area (Å²) in [7, 11) is 0. The molecule has 27 heavy (non-hydrogen) atoms. The van der Waals surface area contributed by atoms with Crippen molar-refractivity contribution in [3.63, 3.8) is 0 Å². The minimum atomic E-state index is -0.0381. The van der Waals surface area contributed by atoms with Crippen LogP contribution in [0.25, 0.3) is 0 Å². The van der Waals surface area contributed by atoms with Crippen molar-refractivity contribution in [3.05, 3.63) is 59.9 Å². The summed E-state index contributed by atoms with van der Waals surface area (Å²) in [6.45, 7) is 2.79. The van der Waals surface area contributed by atoms with Gasteiger partial charge in [-0.2, -0.15) is 0 Å². The molecule has 1 aromatic heterocycles. The summed E-state index contributed by atoms with van der Waals surface area (Å²) in [6.07, 6.45) is 4.72. The number of urea groups is 1. The number of nitrogens with two attached hydrogens (primary N) is 1. The third kappa shape index (κ3) is 5.99. The molecule has 1 aliphatic heterocycles. The number of aliphatic imine (C=N–C) groups is 1. The Morgan fingerprint density at radius 3 is 2.81 bits per heavy atom. The molecule has 0 atom stereocenters. The van der Waals surface area contributed by atoms with Crippen LogP contribution in [0.4, 0.5) is 10.5 Å².